The van der Waals surface area contributed by atoms with E-state index in [1.807, 2.05) is 6.92 Å². The quantitative estimate of drug-likeness (QED) is 0.0210. The molecule has 0 radical (unpaired) electrons. The summed E-state index contributed by atoms with van der Waals surface area (Å²) in [5.41, 5.74) is 0. The minimum absolute atomic E-state index is 0.0000166. The molecule has 1 N–H and O–H groups in total. The average molecular weight is 851 g/mol. The number of rotatable bonds is 44. The van der Waals surface area contributed by atoms with Crippen molar-refractivity contribution in [2.75, 3.05) is 52.7 Å². The van der Waals surface area contributed by atoms with Gasteiger partial charge in [0.15, 0.2) is 6.29 Å². The Labute approximate surface area is 369 Å². The highest BCUT2D eigenvalue weighted by Gasteiger charge is 2.20. The van der Waals surface area contributed by atoms with Crippen LogP contribution in [-0.4, -0.2) is 87.9 Å². The highest BCUT2D eigenvalue weighted by molar-refractivity contribution is 5.70. The third kappa shape index (κ3) is 39.7. The van der Waals surface area contributed by atoms with Crippen LogP contribution in [0, 0.1) is 5.92 Å². The molecule has 60 heavy (non-hydrogen) atoms. The molecule has 10 nitrogen and oxygen atoms in total. The number of unbranched alkanes of at least 4 members (excludes halogenated alkanes) is 18. The fourth-order valence-electron chi connectivity index (χ4n) is 6.79. The number of hydrogen-bond acceptors (Lipinski definition) is 9. The van der Waals surface area contributed by atoms with E-state index in [1.165, 1.54) is 77.0 Å². The number of likely N-dealkylation sites (N-methyl/N-ethyl adjacent to an activating group) is 1. The van der Waals surface area contributed by atoms with Gasteiger partial charge in [0.25, 0.3) is 0 Å². The summed E-state index contributed by atoms with van der Waals surface area (Å²) >= 11 is 0. The van der Waals surface area contributed by atoms with Crippen LogP contribution in [-0.2, 0) is 33.3 Å². The van der Waals surface area contributed by atoms with Crippen LogP contribution in [0.25, 0.3) is 0 Å². The van der Waals surface area contributed by atoms with Crippen LogP contribution in [0.4, 0.5) is 4.79 Å². The van der Waals surface area contributed by atoms with Crippen molar-refractivity contribution in [1.29, 1.82) is 0 Å². The summed E-state index contributed by atoms with van der Waals surface area (Å²) in [4.78, 5) is 40.6. The lowest BCUT2D eigenvalue weighted by atomic mass is 10.1. The summed E-state index contributed by atoms with van der Waals surface area (Å²) < 4.78 is 29.0. The summed E-state index contributed by atoms with van der Waals surface area (Å²) in [6, 6.07) is -0.102. The minimum atomic E-state index is -0.546. The molecule has 10 heteroatoms. The molecule has 0 saturated heterocycles. The predicted octanol–water partition coefficient (Wildman–Crippen LogP) is 12.8. The molecule has 0 saturated carbocycles. The van der Waals surface area contributed by atoms with E-state index in [0.29, 0.717) is 32.6 Å². The molecule has 1 amide bonds. The number of carbonyl (C=O) groups excluding carboxylic acids is 3. The van der Waals surface area contributed by atoms with Crippen LogP contribution in [0.3, 0.4) is 0 Å². The van der Waals surface area contributed by atoms with Crippen molar-refractivity contribution in [1.82, 2.24) is 10.2 Å². The molecule has 0 aliphatic rings. The van der Waals surface area contributed by atoms with Crippen molar-refractivity contribution in [3.8, 4) is 0 Å². The lowest BCUT2D eigenvalue weighted by Gasteiger charge is -2.23. The average Bonchev–Trinajstić information content (AvgIpc) is 3.24. The van der Waals surface area contributed by atoms with E-state index in [2.05, 4.69) is 69.1 Å². The van der Waals surface area contributed by atoms with Gasteiger partial charge in [-0.1, -0.05) is 155 Å². The number of hydrogen-bond donors (Lipinski definition) is 1. The zero-order valence-corrected chi connectivity index (χ0v) is 39.8. The first-order chi connectivity index (χ1) is 29.3. The highest BCUT2D eigenvalue weighted by Crippen LogP contribution is 2.14. The Morgan fingerprint density at radius 1 is 0.533 bits per heavy atom. The SMILES string of the molecule is CCCCC/C=C\C/C=C\CCCCCCCC(=O)OCC(COC(=O)CCC(OCCCCCCCC)OCCCCCCCC)COC(=O)NC(C)CN(CC)CC. The molecule has 352 valence electrons. The Bertz CT molecular complexity index is 1020. The molecule has 2 atom stereocenters. The van der Waals surface area contributed by atoms with Crippen LogP contribution in [0.15, 0.2) is 24.3 Å². The Morgan fingerprint density at radius 3 is 1.53 bits per heavy atom. The molecular weight excluding hydrogens is 757 g/mol. The number of nitrogens with one attached hydrogen (secondary N) is 1. The van der Waals surface area contributed by atoms with Gasteiger partial charge >= 0.3 is 18.0 Å². The summed E-state index contributed by atoms with van der Waals surface area (Å²) in [6.07, 6.45) is 35.3. The predicted molar refractivity (Wildman–Crippen MR) is 248 cm³/mol. The summed E-state index contributed by atoms with van der Waals surface area (Å²) in [7, 11) is 0. The van der Waals surface area contributed by atoms with Gasteiger partial charge in [-0.2, -0.15) is 0 Å². The number of ether oxygens (including phenoxy) is 5. The van der Waals surface area contributed by atoms with Crippen LogP contribution in [0.2, 0.25) is 0 Å². The van der Waals surface area contributed by atoms with Crippen LogP contribution in [0.5, 0.6) is 0 Å². The Kier molecular flexibility index (Phi) is 42.8. The van der Waals surface area contributed by atoms with Gasteiger partial charge in [0.05, 0.1) is 12.3 Å². The maximum atomic E-state index is 13.0. The van der Waals surface area contributed by atoms with Crippen LogP contribution < -0.4 is 5.32 Å². The smallest absolute Gasteiger partial charge is 0.407 e. The number of alkyl carbamates (subject to hydrolysis) is 1. The number of amides is 1. The molecular formula is C50H94N2O8. The van der Waals surface area contributed by atoms with Crippen molar-refractivity contribution in [3.05, 3.63) is 24.3 Å². The van der Waals surface area contributed by atoms with E-state index in [4.69, 9.17) is 23.7 Å². The molecule has 0 aromatic rings. The zero-order chi connectivity index (χ0) is 44.2. The van der Waals surface area contributed by atoms with Gasteiger partial charge in [-0.3, -0.25) is 9.59 Å². The third-order valence-corrected chi connectivity index (χ3v) is 10.7. The molecule has 0 bridgehead atoms. The van der Waals surface area contributed by atoms with Crippen LogP contribution in [0.1, 0.15) is 208 Å². The molecule has 0 aromatic carbocycles. The summed E-state index contributed by atoms with van der Waals surface area (Å²) in [5, 5.41) is 2.88. The molecule has 0 rings (SSSR count). The molecule has 0 aliphatic heterocycles. The van der Waals surface area contributed by atoms with E-state index < -0.39 is 18.3 Å². The fourth-order valence-corrected chi connectivity index (χ4v) is 6.79. The molecule has 0 fully saturated rings. The monoisotopic (exact) mass is 851 g/mol. The van der Waals surface area contributed by atoms with E-state index in [1.54, 1.807) is 0 Å². The zero-order valence-electron chi connectivity index (χ0n) is 39.8. The lowest BCUT2D eigenvalue weighted by molar-refractivity contribution is -0.161. The number of carbonyl (C=O) groups is 3. The van der Waals surface area contributed by atoms with E-state index in [9.17, 15) is 14.4 Å². The number of nitrogens with zero attached hydrogens (tertiary/aromatic N) is 1. The van der Waals surface area contributed by atoms with Gasteiger partial charge in [-0.05, 0) is 71.4 Å². The van der Waals surface area contributed by atoms with E-state index >= 15 is 0 Å². The Balaban J connectivity index is 4.91. The first-order valence-corrected chi connectivity index (χ1v) is 24.8. The fraction of sp³-hybridized carbons (Fsp3) is 0.860. The second-order valence-electron chi connectivity index (χ2n) is 16.6. The maximum absolute atomic E-state index is 13.0. The summed E-state index contributed by atoms with van der Waals surface area (Å²) in [5.74, 6) is -1.16. The van der Waals surface area contributed by atoms with E-state index in [0.717, 1.165) is 83.7 Å². The first kappa shape index (κ1) is 57.6. The standard InChI is InChI=1S/C50H94N2O8/c1-7-12-15-18-21-22-23-24-25-26-27-28-29-30-33-36-47(53)58-42-46(44-60-50(55)51-45(6)41-52(10-4)11-5)43-59-48(54)37-38-49(56-39-34-31-19-16-13-8-2)57-40-35-32-20-17-14-9-3/h21-22,24-25,45-46,49H,7-20,23,26-44H2,1-6H3,(H,51,55)/b22-21-,25-24-. The van der Waals surface area contributed by atoms with Gasteiger partial charge in [0.2, 0.25) is 0 Å². The van der Waals surface area contributed by atoms with Gasteiger partial charge in [-0.25, -0.2) is 4.79 Å². The topological polar surface area (TPSA) is 113 Å². The highest BCUT2D eigenvalue weighted by atomic mass is 16.7. The lowest BCUT2D eigenvalue weighted by Crippen LogP contribution is -2.42. The molecule has 2 unspecified atom stereocenters. The molecule has 0 aliphatic carbocycles. The molecule has 0 aromatic heterocycles. The van der Waals surface area contributed by atoms with Gasteiger partial charge in [-0.15, -0.1) is 0 Å². The van der Waals surface area contributed by atoms with Crippen molar-refractivity contribution in [2.24, 2.45) is 5.92 Å². The van der Waals surface area contributed by atoms with Gasteiger partial charge in [0.1, 0.15) is 19.8 Å². The van der Waals surface area contributed by atoms with Crippen molar-refractivity contribution in [3.63, 3.8) is 0 Å². The third-order valence-electron chi connectivity index (χ3n) is 10.7. The normalized spacial score (nSPS) is 12.8. The second kappa shape index (κ2) is 44.6. The van der Waals surface area contributed by atoms with Crippen molar-refractivity contribution in [2.45, 2.75) is 221 Å². The molecule has 0 spiro atoms. The number of esters is 2. The van der Waals surface area contributed by atoms with Crippen molar-refractivity contribution >= 4 is 18.0 Å². The van der Waals surface area contributed by atoms with E-state index in [-0.39, 0.29) is 44.2 Å². The van der Waals surface area contributed by atoms with Gasteiger partial charge < -0.3 is 33.9 Å². The van der Waals surface area contributed by atoms with Crippen molar-refractivity contribution < 1.29 is 38.1 Å². The largest absolute Gasteiger partial charge is 0.465 e. The number of allylic oxidation sites excluding steroid dienone is 4. The maximum Gasteiger partial charge on any atom is 0.407 e. The first-order valence-electron chi connectivity index (χ1n) is 24.8. The van der Waals surface area contributed by atoms with Gasteiger partial charge in [0, 0.05) is 38.6 Å². The second-order valence-corrected chi connectivity index (χ2v) is 16.6. The van der Waals surface area contributed by atoms with Crippen LogP contribution >= 0.6 is 0 Å². The Hall–Kier alpha value is -2.43. The molecule has 0 heterocycles. The summed E-state index contributed by atoms with van der Waals surface area (Å²) in [6.45, 7) is 16.4. The Morgan fingerprint density at radius 2 is 0.983 bits per heavy atom. The minimum Gasteiger partial charge on any atom is -0.465 e.